The van der Waals surface area contributed by atoms with Crippen molar-refractivity contribution < 1.29 is 4.74 Å². The van der Waals surface area contributed by atoms with Crippen molar-refractivity contribution in [2.75, 3.05) is 20.2 Å². The summed E-state index contributed by atoms with van der Waals surface area (Å²) in [4.78, 5) is 4.31. The van der Waals surface area contributed by atoms with E-state index in [0.29, 0.717) is 0 Å². The van der Waals surface area contributed by atoms with Gasteiger partial charge in [0, 0.05) is 31.0 Å². The second-order valence-electron chi connectivity index (χ2n) is 5.86. The van der Waals surface area contributed by atoms with E-state index in [9.17, 15) is 0 Å². The van der Waals surface area contributed by atoms with Crippen LogP contribution in [0.2, 0.25) is 0 Å². The zero-order valence-electron chi connectivity index (χ0n) is 11.3. The Morgan fingerprint density at radius 1 is 1.59 bits per heavy atom. The van der Waals surface area contributed by atoms with E-state index in [2.05, 4.69) is 35.6 Å². The summed E-state index contributed by atoms with van der Waals surface area (Å²) in [5.74, 6) is 0. The Balaban J connectivity index is 2.22. The molecule has 96 valence electrons. The Kier molecular flexibility index (Phi) is 3.27. The first-order valence-corrected chi connectivity index (χ1v) is 6.23. The molecular weight excluding hydrogens is 214 g/mol. The summed E-state index contributed by atoms with van der Waals surface area (Å²) in [7, 11) is 1.76. The fourth-order valence-electron chi connectivity index (χ4n) is 2.46. The molecular formula is C13H23N3O. The van der Waals surface area contributed by atoms with Gasteiger partial charge in [0.05, 0.1) is 18.5 Å². The predicted molar refractivity (Wildman–Crippen MR) is 68.2 cm³/mol. The summed E-state index contributed by atoms with van der Waals surface area (Å²) < 4.78 is 7.73. The number of ether oxygens (including phenoxy) is 1. The summed E-state index contributed by atoms with van der Waals surface area (Å²) >= 11 is 0. The number of nitrogens with one attached hydrogen (secondary N) is 1. The zero-order chi connectivity index (χ0) is 12.5. The highest BCUT2D eigenvalue weighted by molar-refractivity contribution is 5.17. The minimum atomic E-state index is -0.155. The minimum absolute atomic E-state index is 0.155. The first-order chi connectivity index (χ1) is 7.97. The van der Waals surface area contributed by atoms with Gasteiger partial charge in [-0.25, -0.2) is 4.98 Å². The highest BCUT2D eigenvalue weighted by atomic mass is 16.5. The van der Waals surface area contributed by atoms with E-state index in [1.54, 1.807) is 7.11 Å². The SMILES string of the molecule is COC(C)(C)Cn1cncc1C1(C)CCNC1. The molecule has 0 aliphatic carbocycles. The normalized spacial score (nSPS) is 25.4. The maximum atomic E-state index is 5.50. The molecule has 0 saturated carbocycles. The van der Waals surface area contributed by atoms with Crippen molar-refractivity contribution in [3.63, 3.8) is 0 Å². The Labute approximate surface area is 103 Å². The molecule has 1 saturated heterocycles. The quantitative estimate of drug-likeness (QED) is 0.863. The second kappa shape index (κ2) is 4.42. The number of imidazole rings is 1. The largest absolute Gasteiger partial charge is 0.377 e. The molecule has 0 amide bonds. The summed E-state index contributed by atoms with van der Waals surface area (Å²) in [5.41, 5.74) is 1.37. The van der Waals surface area contributed by atoms with E-state index in [0.717, 1.165) is 19.6 Å². The molecule has 2 rings (SSSR count). The molecule has 1 unspecified atom stereocenters. The Hall–Kier alpha value is -0.870. The van der Waals surface area contributed by atoms with Crippen LogP contribution in [0.25, 0.3) is 0 Å². The molecule has 1 fully saturated rings. The number of methoxy groups -OCH3 is 1. The number of hydrogen-bond donors (Lipinski definition) is 1. The number of hydrogen-bond acceptors (Lipinski definition) is 3. The van der Waals surface area contributed by atoms with E-state index < -0.39 is 0 Å². The van der Waals surface area contributed by atoms with Crippen molar-refractivity contribution in [1.82, 2.24) is 14.9 Å². The molecule has 2 heterocycles. The monoisotopic (exact) mass is 237 g/mol. The van der Waals surface area contributed by atoms with Crippen molar-refractivity contribution in [2.24, 2.45) is 0 Å². The molecule has 0 bridgehead atoms. The molecule has 1 aliphatic rings. The lowest BCUT2D eigenvalue weighted by Crippen LogP contribution is -2.33. The highest BCUT2D eigenvalue weighted by Gasteiger charge is 2.34. The van der Waals surface area contributed by atoms with Gasteiger partial charge >= 0.3 is 0 Å². The average molecular weight is 237 g/mol. The van der Waals surface area contributed by atoms with Gasteiger partial charge in [-0.3, -0.25) is 0 Å². The summed E-state index contributed by atoms with van der Waals surface area (Å²) in [6.45, 7) is 9.48. The van der Waals surface area contributed by atoms with Crippen LogP contribution in [0.15, 0.2) is 12.5 Å². The molecule has 1 aromatic heterocycles. The Morgan fingerprint density at radius 3 is 2.94 bits per heavy atom. The lowest BCUT2D eigenvalue weighted by Gasteiger charge is -2.29. The lowest BCUT2D eigenvalue weighted by atomic mass is 9.86. The van der Waals surface area contributed by atoms with E-state index in [4.69, 9.17) is 4.74 Å². The van der Waals surface area contributed by atoms with Crippen molar-refractivity contribution in [2.45, 2.75) is 44.8 Å². The van der Waals surface area contributed by atoms with E-state index in [1.165, 1.54) is 12.1 Å². The molecule has 1 N–H and O–H groups in total. The van der Waals surface area contributed by atoms with Crippen LogP contribution in [0.1, 0.15) is 32.9 Å². The smallest absolute Gasteiger partial charge is 0.0949 e. The predicted octanol–water partition coefficient (Wildman–Crippen LogP) is 1.56. The van der Waals surface area contributed by atoms with Gasteiger partial charge in [0.1, 0.15) is 0 Å². The van der Waals surface area contributed by atoms with Crippen LogP contribution < -0.4 is 5.32 Å². The summed E-state index contributed by atoms with van der Waals surface area (Å²) in [6, 6.07) is 0. The molecule has 1 atom stereocenters. The van der Waals surface area contributed by atoms with Gasteiger partial charge in [0.25, 0.3) is 0 Å². The Bertz CT molecular complexity index is 378. The van der Waals surface area contributed by atoms with Gasteiger partial charge < -0.3 is 14.6 Å². The van der Waals surface area contributed by atoms with Gasteiger partial charge in [-0.15, -0.1) is 0 Å². The average Bonchev–Trinajstić information content (AvgIpc) is 2.87. The van der Waals surface area contributed by atoms with E-state index in [-0.39, 0.29) is 11.0 Å². The zero-order valence-corrected chi connectivity index (χ0v) is 11.3. The van der Waals surface area contributed by atoms with E-state index >= 15 is 0 Å². The van der Waals surface area contributed by atoms with Crippen LogP contribution in [0.5, 0.6) is 0 Å². The molecule has 4 nitrogen and oxygen atoms in total. The van der Waals surface area contributed by atoms with Crippen LogP contribution in [0.3, 0.4) is 0 Å². The first-order valence-electron chi connectivity index (χ1n) is 6.23. The van der Waals surface area contributed by atoms with Gasteiger partial charge in [-0.05, 0) is 26.8 Å². The van der Waals surface area contributed by atoms with Crippen molar-refractivity contribution >= 4 is 0 Å². The number of aromatic nitrogens is 2. The summed E-state index contributed by atoms with van der Waals surface area (Å²) in [6.07, 6.45) is 5.09. The first kappa shape index (κ1) is 12.6. The van der Waals surface area contributed by atoms with Crippen LogP contribution in [0.4, 0.5) is 0 Å². The maximum Gasteiger partial charge on any atom is 0.0949 e. The third-order valence-corrected chi connectivity index (χ3v) is 3.80. The molecule has 1 aromatic rings. The van der Waals surface area contributed by atoms with Crippen LogP contribution >= 0.6 is 0 Å². The number of rotatable bonds is 4. The second-order valence-corrected chi connectivity index (χ2v) is 5.86. The molecule has 4 heteroatoms. The molecule has 0 aromatic carbocycles. The van der Waals surface area contributed by atoms with Gasteiger partial charge in [-0.1, -0.05) is 6.92 Å². The van der Waals surface area contributed by atoms with Crippen LogP contribution in [0, 0.1) is 0 Å². The van der Waals surface area contributed by atoms with Crippen molar-refractivity contribution in [1.29, 1.82) is 0 Å². The lowest BCUT2D eigenvalue weighted by molar-refractivity contribution is 0.00704. The fourth-order valence-corrected chi connectivity index (χ4v) is 2.46. The molecule has 0 radical (unpaired) electrons. The summed E-state index contributed by atoms with van der Waals surface area (Å²) in [5, 5.41) is 3.43. The van der Waals surface area contributed by atoms with Gasteiger partial charge in [0.2, 0.25) is 0 Å². The minimum Gasteiger partial charge on any atom is -0.377 e. The maximum absolute atomic E-state index is 5.50. The Morgan fingerprint density at radius 2 is 2.35 bits per heavy atom. The topological polar surface area (TPSA) is 39.1 Å². The van der Waals surface area contributed by atoms with Crippen molar-refractivity contribution in [3.8, 4) is 0 Å². The van der Waals surface area contributed by atoms with Crippen molar-refractivity contribution in [3.05, 3.63) is 18.2 Å². The van der Waals surface area contributed by atoms with Crippen LogP contribution in [-0.2, 0) is 16.7 Å². The van der Waals surface area contributed by atoms with E-state index in [1.807, 2.05) is 12.5 Å². The molecule has 17 heavy (non-hydrogen) atoms. The molecule has 1 aliphatic heterocycles. The fraction of sp³-hybridized carbons (Fsp3) is 0.769. The standard InChI is InChI=1S/C13H23N3O/c1-12(2,17-4)9-16-10-15-7-11(16)13(3)5-6-14-8-13/h7,10,14H,5-6,8-9H2,1-4H3. The highest BCUT2D eigenvalue weighted by Crippen LogP contribution is 2.30. The van der Waals surface area contributed by atoms with Gasteiger partial charge in [-0.2, -0.15) is 0 Å². The molecule has 0 spiro atoms. The number of nitrogens with zero attached hydrogens (tertiary/aromatic N) is 2. The third-order valence-electron chi connectivity index (χ3n) is 3.80. The third kappa shape index (κ3) is 2.53. The van der Waals surface area contributed by atoms with Crippen LogP contribution in [-0.4, -0.2) is 35.4 Å². The van der Waals surface area contributed by atoms with Gasteiger partial charge in [0.15, 0.2) is 0 Å².